The molecule has 2 aromatic heterocycles. The maximum atomic E-state index is 4.19. The van der Waals surface area contributed by atoms with Gasteiger partial charge in [-0.1, -0.05) is 32.0 Å². The molecule has 3 rings (SSSR count). The second kappa shape index (κ2) is 6.10. The topological polar surface area (TPSA) is 29.9 Å². The first-order valence-electron chi connectivity index (χ1n) is 7.42. The van der Waals surface area contributed by atoms with Crippen molar-refractivity contribution in [2.75, 3.05) is 0 Å². The van der Waals surface area contributed by atoms with Gasteiger partial charge in [-0.2, -0.15) is 0 Å². The minimum atomic E-state index is 0.503. The smallest absolute Gasteiger partial charge is 0.0491 e. The summed E-state index contributed by atoms with van der Waals surface area (Å²) in [7, 11) is 0. The third-order valence-corrected chi connectivity index (χ3v) is 3.63. The molecule has 0 radical (unpaired) electrons. The Morgan fingerprint density at radius 2 is 2.05 bits per heavy atom. The summed E-state index contributed by atoms with van der Waals surface area (Å²) in [5.41, 5.74) is 3.82. The Bertz CT molecular complexity index is 714. The molecule has 2 heterocycles. The molecule has 0 amide bonds. The molecule has 0 spiro atoms. The Labute approximate surface area is 125 Å². The van der Waals surface area contributed by atoms with Gasteiger partial charge >= 0.3 is 0 Å². The second-order valence-corrected chi connectivity index (χ2v) is 5.73. The lowest BCUT2D eigenvalue weighted by Gasteiger charge is -2.10. The van der Waals surface area contributed by atoms with E-state index in [1.54, 1.807) is 0 Å². The molecule has 0 aliphatic carbocycles. The fourth-order valence-corrected chi connectivity index (χ4v) is 2.49. The average Bonchev–Trinajstić information content (AvgIpc) is 2.89. The minimum Gasteiger partial charge on any atom is -0.343 e. The van der Waals surface area contributed by atoms with Crippen molar-refractivity contribution in [1.29, 1.82) is 0 Å². The largest absolute Gasteiger partial charge is 0.343 e. The lowest BCUT2D eigenvalue weighted by Crippen LogP contribution is -2.21. The number of nitrogens with one attached hydrogen (secondary N) is 1. The molecule has 0 saturated heterocycles. The molecule has 0 fully saturated rings. The highest BCUT2D eigenvalue weighted by Crippen LogP contribution is 2.19. The van der Waals surface area contributed by atoms with Crippen LogP contribution in [0.2, 0.25) is 0 Å². The van der Waals surface area contributed by atoms with Crippen molar-refractivity contribution in [2.45, 2.75) is 33.0 Å². The van der Waals surface area contributed by atoms with Gasteiger partial charge in [0.2, 0.25) is 0 Å². The highest BCUT2D eigenvalue weighted by Gasteiger charge is 2.04. The molecule has 21 heavy (non-hydrogen) atoms. The molecule has 0 aliphatic rings. The number of benzene rings is 1. The lowest BCUT2D eigenvalue weighted by molar-refractivity contribution is 0.589. The number of pyridine rings is 1. The molecular weight excluding hydrogens is 258 g/mol. The van der Waals surface area contributed by atoms with Crippen molar-refractivity contribution < 1.29 is 0 Å². The van der Waals surface area contributed by atoms with Crippen molar-refractivity contribution in [3.05, 3.63) is 66.1 Å². The van der Waals surface area contributed by atoms with Crippen LogP contribution in [-0.2, 0) is 13.1 Å². The van der Waals surface area contributed by atoms with Gasteiger partial charge in [0.25, 0.3) is 0 Å². The highest BCUT2D eigenvalue weighted by molar-refractivity contribution is 5.80. The first-order chi connectivity index (χ1) is 10.2. The van der Waals surface area contributed by atoms with Gasteiger partial charge in [-0.05, 0) is 34.7 Å². The molecular formula is C18H21N3. The Hall–Kier alpha value is -2.13. The van der Waals surface area contributed by atoms with Crippen LogP contribution in [0.25, 0.3) is 10.9 Å². The van der Waals surface area contributed by atoms with Crippen molar-refractivity contribution in [1.82, 2.24) is 14.9 Å². The van der Waals surface area contributed by atoms with E-state index in [2.05, 4.69) is 65.2 Å². The van der Waals surface area contributed by atoms with Crippen molar-refractivity contribution in [3.8, 4) is 0 Å². The van der Waals surface area contributed by atoms with Crippen LogP contribution in [0, 0.1) is 0 Å². The van der Waals surface area contributed by atoms with Gasteiger partial charge in [0.05, 0.1) is 0 Å². The summed E-state index contributed by atoms with van der Waals surface area (Å²) < 4.78 is 2.28. The molecule has 3 aromatic rings. The fraction of sp³-hybridized carbons (Fsp3) is 0.278. The van der Waals surface area contributed by atoms with Gasteiger partial charge in [-0.25, -0.2) is 0 Å². The maximum Gasteiger partial charge on any atom is 0.0491 e. The monoisotopic (exact) mass is 279 g/mol. The van der Waals surface area contributed by atoms with E-state index in [9.17, 15) is 0 Å². The summed E-state index contributed by atoms with van der Waals surface area (Å²) in [5.74, 6) is 0. The van der Waals surface area contributed by atoms with Gasteiger partial charge in [0, 0.05) is 43.2 Å². The van der Waals surface area contributed by atoms with E-state index < -0.39 is 0 Å². The van der Waals surface area contributed by atoms with E-state index in [1.165, 1.54) is 22.0 Å². The van der Waals surface area contributed by atoms with Gasteiger partial charge in [-0.3, -0.25) is 4.98 Å². The Morgan fingerprint density at radius 3 is 2.81 bits per heavy atom. The number of hydrogen-bond donors (Lipinski definition) is 1. The van der Waals surface area contributed by atoms with Gasteiger partial charge in [0.1, 0.15) is 0 Å². The van der Waals surface area contributed by atoms with Crippen LogP contribution in [0.5, 0.6) is 0 Å². The van der Waals surface area contributed by atoms with Gasteiger partial charge in [0.15, 0.2) is 0 Å². The summed E-state index contributed by atoms with van der Waals surface area (Å²) >= 11 is 0. The van der Waals surface area contributed by atoms with Gasteiger partial charge in [-0.15, -0.1) is 0 Å². The van der Waals surface area contributed by atoms with E-state index >= 15 is 0 Å². The maximum absolute atomic E-state index is 4.19. The Morgan fingerprint density at radius 1 is 1.14 bits per heavy atom. The van der Waals surface area contributed by atoms with Crippen LogP contribution >= 0.6 is 0 Å². The minimum absolute atomic E-state index is 0.503. The number of fused-ring (bicyclic) bond motifs is 1. The predicted octanol–water partition coefficient (Wildman–Crippen LogP) is 3.58. The zero-order valence-electron chi connectivity index (χ0n) is 12.6. The quantitative estimate of drug-likeness (QED) is 0.773. The van der Waals surface area contributed by atoms with Crippen LogP contribution in [0.15, 0.2) is 55.0 Å². The first kappa shape index (κ1) is 13.8. The van der Waals surface area contributed by atoms with Crippen molar-refractivity contribution in [3.63, 3.8) is 0 Å². The number of hydrogen-bond acceptors (Lipinski definition) is 2. The molecule has 108 valence electrons. The highest BCUT2D eigenvalue weighted by atomic mass is 15.0. The molecule has 1 aromatic carbocycles. The van der Waals surface area contributed by atoms with Crippen molar-refractivity contribution >= 4 is 10.9 Å². The van der Waals surface area contributed by atoms with E-state index in [0.29, 0.717) is 6.04 Å². The molecule has 0 bridgehead atoms. The third kappa shape index (κ3) is 3.31. The SMILES string of the molecule is CC(C)NCc1ccc2ccn(Cc3cccnc3)c2c1. The number of aromatic nitrogens is 2. The fourth-order valence-electron chi connectivity index (χ4n) is 2.49. The zero-order valence-corrected chi connectivity index (χ0v) is 12.6. The van der Waals surface area contributed by atoms with Crippen LogP contribution in [-0.4, -0.2) is 15.6 Å². The van der Waals surface area contributed by atoms with Gasteiger partial charge < -0.3 is 9.88 Å². The van der Waals surface area contributed by atoms with Crippen LogP contribution in [0.4, 0.5) is 0 Å². The molecule has 0 unspecified atom stereocenters. The van der Waals surface area contributed by atoms with Crippen molar-refractivity contribution in [2.24, 2.45) is 0 Å². The lowest BCUT2D eigenvalue weighted by atomic mass is 10.1. The Kier molecular flexibility index (Phi) is 4.02. The van der Waals surface area contributed by atoms with E-state index in [4.69, 9.17) is 0 Å². The Balaban J connectivity index is 1.87. The molecule has 3 nitrogen and oxygen atoms in total. The summed E-state index contributed by atoms with van der Waals surface area (Å²) in [4.78, 5) is 4.19. The summed E-state index contributed by atoms with van der Waals surface area (Å²) in [6.45, 7) is 6.11. The summed E-state index contributed by atoms with van der Waals surface area (Å²) in [6, 6.07) is 13.5. The van der Waals surface area contributed by atoms with Crippen LogP contribution in [0.1, 0.15) is 25.0 Å². The first-order valence-corrected chi connectivity index (χ1v) is 7.42. The summed E-state index contributed by atoms with van der Waals surface area (Å²) in [6.07, 6.45) is 5.89. The predicted molar refractivity (Wildman–Crippen MR) is 87.3 cm³/mol. The van der Waals surface area contributed by atoms with E-state index in [1.807, 2.05) is 18.5 Å². The molecule has 0 saturated carbocycles. The molecule has 3 heteroatoms. The average molecular weight is 279 g/mol. The molecule has 0 aliphatic heterocycles. The summed E-state index contributed by atoms with van der Waals surface area (Å²) in [5, 5.41) is 4.75. The van der Waals surface area contributed by atoms with E-state index in [-0.39, 0.29) is 0 Å². The van der Waals surface area contributed by atoms with Crippen LogP contribution < -0.4 is 5.32 Å². The number of rotatable bonds is 5. The number of nitrogens with zero attached hydrogens (tertiary/aromatic N) is 2. The molecule has 1 N–H and O–H groups in total. The normalized spacial score (nSPS) is 11.4. The van der Waals surface area contributed by atoms with Crippen LogP contribution in [0.3, 0.4) is 0 Å². The molecule has 0 atom stereocenters. The third-order valence-electron chi connectivity index (χ3n) is 3.63. The second-order valence-electron chi connectivity index (χ2n) is 5.73. The zero-order chi connectivity index (χ0) is 14.7. The standard InChI is InChI=1S/C18H21N3/c1-14(2)20-12-15-5-6-17-7-9-21(18(17)10-15)13-16-4-3-8-19-11-16/h3-11,14,20H,12-13H2,1-2H3. The van der Waals surface area contributed by atoms with E-state index in [0.717, 1.165) is 13.1 Å².